The van der Waals surface area contributed by atoms with Crippen molar-refractivity contribution in [1.29, 1.82) is 0 Å². The Kier molecular flexibility index (Phi) is 13.1. The van der Waals surface area contributed by atoms with Crippen LogP contribution in [0.15, 0.2) is 33.9 Å². The van der Waals surface area contributed by atoms with Crippen LogP contribution in [-0.2, 0) is 4.79 Å². The minimum atomic E-state index is -5.00. The van der Waals surface area contributed by atoms with Crippen molar-refractivity contribution in [3.8, 4) is 5.75 Å². The highest BCUT2D eigenvalue weighted by Crippen LogP contribution is 2.36. The summed E-state index contributed by atoms with van der Waals surface area (Å²) in [6, 6.07) is 3.93. The number of alkyl halides is 3. The number of carbonyl (C=O) groups is 3. The highest BCUT2D eigenvalue weighted by molar-refractivity contribution is 7.99. The highest BCUT2D eigenvalue weighted by atomic mass is 35.5. The van der Waals surface area contributed by atoms with E-state index in [1.165, 1.54) is 34.9 Å². The van der Waals surface area contributed by atoms with Crippen molar-refractivity contribution >= 4 is 42.3 Å². The summed E-state index contributed by atoms with van der Waals surface area (Å²) in [4.78, 5) is 43.2. The number of hydrogen-bond donors (Lipinski definition) is 1. The Labute approximate surface area is 253 Å². The molecule has 1 aliphatic carbocycles. The maximum atomic E-state index is 13.8. The summed E-state index contributed by atoms with van der Waals surface area (Å²) >= 11 is 1.30. The van der Waals surface area contributed by atoms with Crippen molar-refractivity contribution in [1.82, 2.24) is 25.3 Å². The normalized spacial score (nSPS) is 15.5. The number of benzene rings is 1. The molecule has 15 heteroatoms. The molecular weight excluding hydrogens is 599 g/mol. The van der Waals surface area contributed by atoms with Crippen molar-refractivity contribution < 1.29 is 36.7 Å². The van der Waals surface area contributed by atoms with Gasteiger partial charge in [-0.3, -0.25) is 14.4 Å². The molecule has 1 N–H and O–H groups in total. The van der Waals surface area contributed by atoms with Gasteiger partial charge in [-0.05, 0) is 64.3 Å². The third-order valence-electron chi connectivity index (χ3n) is 6.71. The Morgan fingerprint density at radius 2 is 1.83 bits per heavy atom. The van der Waals surface area contributed by atoms with Gasteiger partial charge in [0.15, 0.2) is 0 Å². The number of para-hydroxylation sites is 1. The number of nitrogens with zero attached hydrogens (tertiary/aromatic N) is 4. The second-order valence-electron chi connectivity index (χ2n) is 10.6. The Morgan fingerprint density at radius 1 is 1.17 bits per heavy atom. The zero-order valence-electron chi connectivity index (χ0n) is 24.0. The fraction of sp³-hybridized carbons (Fsp3) is 0.593. The summed E-state index contributed by atoms with van der Waals surface area (Å²) in [5.41, 5.74) is -1.68. The molecule has 2 aromatic rings. The average Bonchev–Trinajstić information content (AvgIpc) is 3.36. The molecule has 1 fully saturated rings. The first-order chi connectivity index (χ1) is 19.3. The number of aromatic nitrogens is 2. The van der Waals surface area contributed by atoms with E-state index in [0.29, 0.717) is 37.8 Å². The van der Waals surface area contributed by atoms with Crippen molar-refractivity contribution in [2.75, 3.05) is 26.4 Å². The lowest BCUT2D eigenvalue weighted by Crippen LogP contribution is -2.65. The summed E-state index contributed by atoms with van der Waals surface area (Å²) in [6.45, 7) is 4.53. The topological polar surface area (TPSA) is 118 Å². The number of ketones is 1. The molecule has 0 aliphatic heterocycles. The second kappa shape index (κ2) is 15.6. The Morgan fingerprint density at radius 3 is 2.43 bits per heavy atom. The van der Waals surface area contributed by atoms with Gasteiger partial charge >= 0.3 is 6.36 Å². The largest absolute Gasteiger partial charge is 0.573 e. The standard InChI is InChI=1S/C27H36F3N5O5S.ClH/c1-18(2)16-20(22(37)24-32-33-25(39-24)41-15-14-34(3)4)35(17-36)26(12-8-5-9-13-26)31-23(38)19-10-6-7-11-21(19)40-27(28,29)30;/h6-7,10-11,17-18,20H,5,8-9,12-16H2,1-4H3,(H,31,38);1H. The van der Waals surface area contributed by atoms with E-state index in [-0.39, 0.29) is 41.4 Å². The van der Waals surface area contributed by atoms with Crippen LogP contribution in [0, 0.1) is 5.92 Å². The SMILES string of the molecule is CC(C)CC(C(=O)c1nnc(SCCN(C)C)o1)N(C=O)C1(NC(=O)c2ccccc2OC(F)(F)F)CCCCC1.Cl. The minimum Gasteiger partial charge on any atom is -0.408 e. The molecule has 1 heterocycles. The molecule has 42 heavy (non-hydrogen) atoms. The maximum Gasteiger partial charge on any atom is 0.573 e. The molecule has 1 saturated carbocycles. The Hall–Kier alpha value is -2.84. The number of amides is 2. The average molecular weight is 636 g/mol. The molecule has 1 atom stereocenters. The zero-order chi connectivity index (χ0) is 30.2. The Balaban J connectivity index is 0.00000616. The summed E-state index contributed by atoms with van der Waals surface area (Å²) in [6.07, 6.45) is -1.57. The van der Waals surface area contributed by atoms with Gasteiger partial charge < -0.3 is 24.3 Å². The molecule has 234 valence electrons. The number of nitrogens with one attached hydrogen (secondary N) is 1. The van der Waals surface area contributed by atoms with Crippen LogP contribution in [0.2, 0.25) is 0 Å². The van der Waals surface area contributed by atoms with Crippen LogP contribution in [0.3, 0.4) is 0 Å². The first kappa shape index (κ1) is 35.4. The molecular formula is C27H37ClF3N5O5S. The molecule has 0 spiro atoms. The van der Waals surface area contributed by atoms with Crippen LogP contribution < -0.4 is 10.1 Å². The van der Waals surface area contributed by atoms with Gasteiger partial charge in [-0.1, -0.05) is 44.2 Å². The predicted molar refractivity (Wildman–Crippen MR) is 153 cm³/mol. The van der Waals surface area contributed by atoms with Gasteiger partial charge in [-0.15, -0.1) is 35.8 Å². The fourth-order valence-corrected chi connectivity index (χ4v) is 5.69. The van der Waals surface area contributed by atoms with Gasteiger partial charge in [-0.25, -0.2) is 0 Å². The van der Waals surface area contributed by atoms with E-state index in [9.17, 15) is 27.6 Å². The van der Waals surface area contributed by atoms with Crippen LogP contribution in [0.25, 0.3) is 0 Å². The predicted octanol–water partition coefficient (Wildman–Crippen LogP) is 5.19. The van der Waals surface area contributed by atoms with E-state index in [0.717, 1.165) is 19.0 Å². The quantitative estimate of drug-likeness (QED) is 0.129. The van der Waals surface area contributed by atoms with Gasteiger partial charge in [0.05, 0.1) is 5.56 Å². The van der Waals surface area contributed by atoms with E-state index in [4.69, 9.17) is 4.42 Å². The van der Waals surface area contributed by atoms with E-state index < -0.39 is 35.5 Å². The van der Waals surface area contributed by atoms with Crippen molar-refractivity contribution in [2.45, 2.75) is 75.7 Å². The van der Waals surface area contributed by atoms with E-state index in [1.54, 1.807) is 0 Å². The number of hydrogen-bond acceptors (Lipinski definition) is 9. The second-order valence-corrected chi connectivity index (χ2v) is 11.7. The van der Waals surface area contributed by atoms with Gasteiger partial charge in [0.2, 0.25) is 12.2 Å². The van der Waals surface area contributed by atoms with Crippen molar-refractivity contribution in [3.63, 3.8) is 0 Å². The number of rotatable bonds is 14. The number of carbonyl (C=O) groups excluding carboxylic acids is 3. The Bertz CT molecular complexity index is 1190. The molecule has 0 bridgehead atoms. The van der Waals surface area contributed by atoms with Gasteiger partial charge in [0.1, 0.15) is 17.5 Å². The summed E-state index contributed by atoms with van der Waals surface area (Å²) < 4.78 is 48.8. The highest BCUT2D eigenvalue weighted by Gasteiger charge is 2.46. The maximum absolute atomic E-state index is 13.8. The van der Waals surface area contributed by atoms with Crippen molar-refractivity contribution in [3.05, 3.63) is 35.7 Å². The van der Waals surface area contributed by atoms with Crippen LogP contribution in [-0.4, -0.2) is 82.6 Å². The molecule has 2 amide bonds. The van der Waals surface area contributed by atoms with Gasteiger partial charge in [0.25, 0.3) is 17.0 Å². The first-order valence-corrected chi connectivity index (χ1v) is 14.4. The lowest BCUT2D eigenvalue weighted by molar-refractivity contribution is -0.274. The number of halogens is 4. The molecule has 3 rings (SSSR count). The zero-order valence-corrected chi connectivity index (χ0v) is 25.6. The smallest absolute Gasteiger partial charge is 0.408 e. The number of thioether (sulfide) groups is 1. The van der Waals surface area contributed by atoms with Gasteiger partial charge in [0, 0.05) is 12.3 Å². The summed E-state index contributed by atoms with van der Waals surface area (Å²) in [7, 11) is 3.85. The van der Waals surface area contributed by atoms with E-state index in [1.807, 2.05) is 32.8 Å². The first-order valence-electron chi connectivity index (χ1n) is 13.4. The summed E-state index contributed by atoms with van der Waals surface area (Å²) in [5, 5.41) is 10.9. The van der Waals surface area contributed by atoms with Crippen LogP contribution >= 0.6 is 24.2 Å². The molecule has 10 nitrogen and oxygen atoms in total. The number of ether oxygens (including phenoxy) is 1. The lowest BCUT2D eigenvalue weighted by Gasteiger charge is -2.48. The fourth-order valence-electron chi connectivity index (χ4n) is 4.82. The molecule has 0 saturated heterocycles. The van der Waals surface area contributed by atoms with Crippen molar-refractivity contribution in [2.24, 2.45) is 5.92 Å². The third kappa shape index (κ3) is 9.60. The van der Waals surface area contributed by atoms with Crippen LogP contribution in [0.1, 0.15) is 73.4 Å². The monoisotopic (exact) mass is 635 g/mol. The molecule has 1 aromatic carbocycles. The molecule has 1 aliphatic rings. The third-order valence-corrected chi connectivity index (χ3v) is 7.51. The molecule has 1 aromatic heterocycles. The molecule has 1 unspecified atom stereocenters. The number of Topliss-reactive ketones (excluding diaryl/α,β-unsaturated/α-hetero) is 1. The lowest BCUT2D eigenvalue weighted by atomic mass is 9.84. The summed E-state index contributed by atoms with van der Waals surface area (Å²) in [5.74, 6) is -1.73. The molecule has 0 radical (unpaired) electrons. The minimum absolute atomic E-state index is 0. The van der Waals surface area contributed by atoms with E-state index in [2.05, 4.69) is 20.3 Å². The van der Waals surface area contributed by atoms with Crippen LogP contribution in [0.5, 0.6) is 5.75 Å². The van der Waals surface area contributed by atoms with Crippen LogP contribution in [0.4, 0.5) is 13.2 Å². The van der Waals surface area contributed by atoms with E-state index >= 15 is 0 Å². The van der Waals surface area contributed by atoms with Gasteiger partial charge in [-0.2, -0.15) is 0 Å².